The Morgan fingerprint density at radius 2 is 1.12 bits per heavy atom. The Kier molecular flexibility index (Phi) is 9.03. The molecule has 4 aromatic rings. The lowest BCUT2D eigenvalue weighted by molar-refractivity contribution is 0.296. The molecule has 42 heavy (non-hydrogen) atoms. The first kappa shape index (κ1) is 30.7. The highest BCUT2D eigenvalue weighted by atomic mass is 32.2. The normalized spacial score (nSPS) is 11.6. The van der Waals surface area contributed by atoms with Gasteiger partial charge in [0.05, 0.1) is 12.5 Å². The highest BCUT2D eigenvalue weighted by Crippen LogP contribution is 2.43. The minimum absolute atomic E-state index is 0.0904. The summed E-state index contributed by atoms with van der Waals surface area (Å²) < 4.78 is 63.7. The molecule has 0 saturated carbocycles. The molecule has 0 bridgehead atoms. The molecule has 0 aliphatic rings. The zero-order chi connectivity index (χ0) is 30.7. The van der Waals surface area contributed by atoms with Gasteiger partial charge in [0.1, 0.15) is 12.4 Å². The first-order valence-corrected chi connectivity index (χ1v) is 16.6. The summed E-state index contributed by atoms with van der Waals surface area (Å²) in [7, 11) is 0.230. The van der Waals surface area contributed by atoms with Crippen molar-refractivity contribution in [1.82, 2.24) is 0 Å². The van der Waals surface area contributed by atoms with Crippen molar-refractivity contribution >= 4 is 31.6 Å². The predicted molar refractivity (Wildman–Crippen MR) is 168 cm³/mol. The van der Waals surface area contributed by atoms with Gasteiger partial charge in [-0.05, 0) is 53.1 Å². The van der Waals surface area contributed by atoms with Crippen molar-refractivity contribution in [3.8, 4) is 39.5 Å². The van der Waals surface area contributed by atoms with Gasteiger partial charge in [-0.1, -0.05) is 48.5 Å². The van der Waals surface area contributed by atoms with Crippen LogP contribution in [0.2, 0.25) is 0 Å². The number of rotatable bonds is 11. The molecule has 4 aromatic carbocycles. The van der Waals surface area contributed by atoms with E-state index in [4.69, 9.17) is 13.1 Å². The monoisotopic (exact) mass is 610 g/mol. The number of hydrogen-bond donors (Lipinski definition) is 0. The number of anilines is 2. The third kappa shape index (κ3) is 7.95. The summed E-state index contributed by atoms with van der Waals surface area (Å²) in [5.41, 5.74) is 6.05. The molecule has 0 radical (unpaired) electrons. The van der Waals surface area contributed by atoms with Gasteiger partial charge in [0.25, 0.3) is 0 Å². The van der Waals surface area contributed by atoms with E-state index < -0.39 is 20.2 Å². The Labute approximate surface area is 248 Å². The van der Waals surface area contributed by atoms with Crippen LogP contribution in [0.15, 0.2) is 84.9 Å². The van der Waals surface area contributed by atoms with E-state index in [-0.39, 0.29) is 18.1 Å². The van der Waals surface area contributed by atoms with E-state index in [1.54, 1.807) is 36.4 Å². The summed E-state index contributed by atoms with van der Waals surface area (Å²) in [6.45, 7) is 0.247. The molecule has 0 atom stereocenters. The molecule has 0 aromatic heterocycles. The Hall–Kier alpha value is -4.22. The van der Waals surface area contributed by atoms with E-state index in [1.807, 2.05) is 86.5 Å². The van der Waals surface area contributed by atoms with Gasteiger partial charge in [-0.25, -0.2) is 0 Å². The van der Waals surface area contributed by atoms with Gasteiger partial charge >= 0.3 is 20.2 Å². The molecular formula is C31H34N2O7S2. The van der Waals surface area contributed by atoms with Crippen LogP contribution in [-0.4, -0.2) is 57.5 Å². The molecule has 9 nitrogen and oxygen atoms in total. The lowest BCUT2D eigenvalue weighted by atomic mass is 9.95. The van der Waals surface area contributed by atoms with Gasteiger partial charge < -0.3 is 22.9 Å². The minimum atomic E-state index is -3.83. The van der Waals surface area contributed by atoms with Crippen molar-refractivity contribution in [2.75, 3.05) is 50.5 Å². The van der Waals surface area contributed by atoms with E-state index in [1.165, 1.54) is 0 Å². The SMILES string of the molecule is CN(C)c1cc(-c2ccc(OCc3ccccc3)c(OS(C)(=O)=O)c2)c(N(C)C)cc1-c1ccc(OS(C)(=O)=O)cc1. The predicted octanol–water partition coefficient (Wildman–Crippen LogP) is 5.41. The maximum Gasteiger partial charge on any atom is 0.306 e. The van der Waals surface area contributed by atoms with Gasteiger partial charge in [-0.2, -0.15) is 16.8 Å². The number of hydrogen-bond acceptors (Lipinski definition) is 9. The highest BCUT2D eigenvalue weighted by molar-refractivity contribution is 7.86. The fraction of sp³-hybridized carbons (Fsp3) is 0.226. The van der Waals surface area contributed by atoms with Gasteiger partial charge in [-0.3, -0.25) is 0 Å². The van der Waals surface area contributed by atoms with Crippen molar-refractivity contribution in [2.24, 2.45) is 0 Å². The van der Waals surface area contributed by atoms with Gasteiger partial charge in [0, 0.05) is 50.7 Å². The molecule has 0 heterocycles. The topological polar surface area (TPSA) is 102 Å². The van der Waals surface area contributed by atoms with Crippen molar-refractivity contribution in [3.05, 3.63) is 90.5 Å². The van der Waals surface area contributed by atoms with E-state index in [0.29, 0.717) is 5.75 Å². The van der Waals surface area contributed by atoms with E-state index in [0.717, 1.165) is 51.7 Å². The summed E-state index contributed by atoms with van der Waals surface area (Å²) in [6.07, 6.45) is 2.00. The Bertz CT molecular complexity index is 1770. The highest BCUT2D eigenvalue weighted by Gasteiger charge is 2.19. The zero-order valence-electron chi connectivity index (χ0n) is 24.4. The van der Waals surface area contributed by atoms with Crippen LogP contribution >= 0.6 is 0 Å². The lowest BCUT2D eigenvalue weighted by Gasteiger charge is -2.25. The van der Waals surface area contributed by atoms with Gasteiger partial charge in [0.2, 0.25) is 0 Å². The van der Waals surface area contributed by atoms with Gasteiger partial charge in [-0.15, -0.1) is 0 Å². The van der Waals surface area contributed by atoms with Crippen LogP contribution in [0.5, 0.6) is 17.2 Å². The summed E-state index contributed by atoms with van der Waals surface area (Å²) in [4.78, 5) is 3.95. The minimum Gasteiger partial charge on any atom is -0.485 e. The first-order valence-electron chi connectivity index (χ1n) is 12.9. The smallest absolute Gasteiger partial charge is 0.306 e. The molecule has 0 unspecified atom stereocenters. The largest absolute Gasteiger partial charge is 0.485 e. The van der Waals surface area contributed by atoms with E-state index in [2.05, 4.69) is 0 Å². The van der Waals surface area contributed by atoms with Crippen molar-refractivity contribution in [3.63, 3.8) is 0 Å². The zero-order valence-corrected chi connectivity index (χ0v) is 26.0. The summed E-state index contributed by atoms with van der Waals surface area (Å²) in [6, 6.07) is 25.7. The summed E-state index contributed by atoms with van der Waals surface area (Å²) >= 11 is 0. The number of nitrogens with zero attached hydrogens (tertiary/aromatic N) is 2. The standard InChI is InChI=1S/C31H34N2O7S2/c1-32(2)28-20-27(29(33(3)4)19-26(28)23-12-15-25(16-13-23)39-41(5,34)35)24-14-17-30(31(18-24)40-42(6,36)37)38-21-22-10-8-7-9-11-22/h7-20H,21H2,1-6H3. The van der Waals surface area contributed by atoms with Crippen molar-refractivity contribution in [2.45, 2.75) is 6.61 Å². The molecule has 0 aliphatic heterocycles. The second kappa shape index (κ2) is 12.3. The molecule has 0 saturated heterocycles. The molecule has 0 fully saturated rings. The summed E-state index contributed by atoms with van der Waals surface area (Å²) in [5.74, 6) is 0.623. The third-order valence-electron chi connectivity index (χ3n) is 6.22. The van der Waals surface area contributed by atoms with Gasteiger partial charge in [0.15, 0.2) is 11.5 Å². The first-order chi connectivity index (χ1) is 19.7. The average molecular weight is 611 g/mol. The molecule has 0 amide bonds. The van der Waals surface area contributed by atoms with Crippen LogP contribution in [0.1, 0.15) is 5.56 Å². The third-order valence-corrected chi connectivity index (χ3v) is 7.20. The molecule has 0 spiro atoms. The quantitative estimate of drug-likeness (QED) is 0.206. The summed E-state index contributed by atoms with van der Waals surface area (Å²) in [5, 5.41) is 0. The number of benzene rings is 4. The molecule has 0 aliphatic carbocycles. The number of ether oxygens (including phenoxy) is 1. The Morgan fingerprint density at radius 1 is 0.595 bits per heavy atom. The van der Waals surface area contributed by atoms with Crippen molar-refractivity contribution in [1.29, 1.82) is 0 Å². The average Bonchev–Trinajstić information content (AvgIpc) is 2.91. The van der Waals surface area contributed by atoms with E-state index >= 15 is 0 Å². The Balaban J connectivity index is 1.80. The molecule has 0 N–H and O–H groups in total. The van der Waals surface area contributed by atoms with Crippen LogP contribution in [0.4, 0.5) is 11.4 Å². The van der Waals surface area contributed by atoms with E-state index in [9.17, 15) is 16.8 Å². The van der Waals surface area contributed by atoms with Crippen LogP contribution in [0, 0.1) is 0 Å². The van der Waals surface area contributed by atoms with Crippen LogP contribution in [0.25, 0.3) is 22.3 Å². The molecular weight excluding hydrogens is 576 g/mol. The maximum absolute atomic E-state index is 12.2. The molecule has 4 rings (SSSR count). The molecule has 222 valence electrons. The maximum atomic E-state index is 12.2. The Morgan fingerprint density at radius 3 is 1.64 bits per heavy atom. The lowest BCUT2D eigenvalue weighted by Crippen LogP contribution is -2.14. The van der Waals surface area contributed by atoms with Crippen LogP contribution in [0.3, 0.4) is 0 Å². The second-order valence-electron chi connectivity index (χ2n) is 10.2. The second-order valence-corrected chi connectivity index (χ2v) is 13.4. The molecule has 11 heteroatoms. The van der Waals surface area contributed by atoms with Crippen LogP contribution < -0.4 is 22.9 Å². The van der Waals surface area contributed by atoms with Crippen LogP contribution in [-0.2, 0) is 26.8 Å². The fourth-order valence-corrected chi connectivity index (χ4v) is 5.32. The fourth-order valence-electron chi connectivity index (χ4n) is 4.40. The van der Waals surface area contributed by atoms with Crippen molar-refractivity contribution < 1.29 is 29.9 Å².